The molecule has 0 unspecified atom stereocenters. The molecule has 0 aliphatic rings. The van der Waals surface area contributed by atoms with Gasteiger partial charge in [0, 0.05) is 6.93 Å². The summed E-state index contributed by atoms with van der Waals surface area (Å²) in [5, 5.41) is 3.47. The molecule has 0 aliphatic heterocycles. The Kier molecular flexibility index (Phi) is 0.743. The van der Waals surface area contributed by atoms with E-state index in [1.807, 2.05) is 0 Å². The lowest BCUT2D eigenvalue weighted by Gasteiger charge is -1.80. The summed E-state index contributed by atoms with van der Waals surface area (Å²) in [5.41, 5.74) is 6.02. The number of hydrogen-bond acceptors (Lipinski definition) is 3. The molecule has 2 N–H and O–H groups in total. The highest BCUT2D eigenvalue weighted by atomic mass is 16.5. The van der Waals surface area contributed by atoms with Gasteiger partial charge in [0.15, 0.2) is 5.82 Å². The number of rotatable bonds is 0. The normalized spacial score (nSPS) is 11.4. The molecule has 0 atom stereocenters. The second-order valence-electron chi connectivity index (χ2n) is 1.60. The van der Waals surface area contributed by atoms with Gasteiger partial charge in [-0.1, -0.05) is 5.16 Å². The molecule has 0 fully saturated rings. The standard InChI is InChI=1S/C5H8N2O/c1-3-4(2)8-7-5(3)6/h1-2H3,(H2,6,7)/i1D. The van der Waals surface area contributed by atoms with Crippen LogP contribution in [0.5, 0.6) is 0 Å². The highest BCUT2D eigenvalue weighted by molar-refractivity contribution is 5.37. The molecule has 44 valence electrons. The van der Waals surface area contributed by atoms with Crippen molar-refractivity contribution >= 4 is 5.82 Å². The molecule has 1 rings (SSSR count). The Morgan fingerprint density at radius 2 is 2.62 bits per heavy atom. The molecule has 0 spiro atoms. The van der Waals surface area contributed by atoms with Crippen molar-refractivity contribution in [1.82, 2.24) is 5.16 Å². The summed E-state index contributed by atoms with van der Waals surface area (Å²) in [6.07, 6.45) is 0. The van der Waals surface area contributed by atoms with Gasteiger partial charge in [0.05, 0.1) is 0 Å². The van der Waals surface area contributed by atoms with Crippen LogP contribution in [0, 0.1) is 13.8 Å². The summed E-state index contributed by atoms with van der Waals surface area (Å²) in [5.74, 6) is 0.977. The van der Waals surface area contributed by atoms with Crippen molar-refractivity contribution in [3.8, 4) is 0 Å². The molecule has 0 aromatic carbocycles. The number of nitrogens with zero attached hydrogens (tertiary/aromatic N) is 1. The molecule has 1 aromatic heterocycles. The van der Waals surface area contributed by atoms with Gasteiger partial charge < -0.3 is 10.3 Å². The fraction of sp³-hybridized carbons (Fsp3) is 0.400. The second-order valence-corrected chi connectivity index (χ2v) is 1.60. The van der Waals surface area contributed by atoms with Crippen molar-refractivity contribution in [3.05, 3.63) is 11.3 Å². The zero-order valence-electron chi connectivity index (χ0n) is 5.64. The number of nitrogen functional groups attached to an aromatic ring is 1. The van der Waals surface area contributed by atoms with E-state index in [1.54, 1.807) is 6.92 Å². The van der Waals surface area contributed by atoms with Crippen LogP contribution in [0.4, 0.5) is 5.82 Å². The molecule has 0 aliphatic carbocycles. The van der Waals surface area contributed by atoms with Gasteiger partial charge in [0.1, 0.15) is 5.76 Å². The first kappa shape index (κ1) is 3.95. The van der Waals surface area contributed by atoms with Crippen LogP contribution in [-0.4, -0.2) is 5.16 Å². The molecule has 1 aromatic rings. The maximum atomic E-state index is 6.96. The highest BCUT2D eigenvalue weighted by Crippen LogP contribution is 2.11. The Hall–Kier alpha value is -0.990. The van der Waals surface area contributed by atoms with E-state index in [-0.39, 0.29) is 6.90 Å². The molecule has 0 bridgehead atoms. The van der Waals surface area contributed by atoms with E-state index in [9.17, 15) is 0 Å². The van der Waals surface area contributed by atoms with Crippen LogP contribution >= 0.6 is 0 Å². The van der Waals surface area contributed by atoms with E-state index in [4.69, 9.17) is 11.6 Å². The minimum absolute atomic E-state index is 0.140. The fourth-order valence-electron chi connectivity index (χ4n) is 0.408. The van der Waals surface area contributed by atoms with Crippen molar-refractivity contribution in [2.75, 3.05) is 5.73 Å². The molecule has 0 saturated carbocycles. The van der Waals surface area contributed by atoms with Crippen molar-refractivity contribution in [2.24, 2.45) is 0 Å². The maximum Gasteiger partial charge on any atom is 0.169 e. The number of aryl methyl sites for hydroxylation is 1. The van der Waals surface area contributed by atoms with E-state index < -0.39 is 0 Å². The van der Waals surface area contributed by atoms with Crippen LogP contribution in [0.25, 0.3) is 0 Å². The van der Waals surface area contributed by atoms with E-state index in [2.05, 4.69) is 5.16 Å². The molecule has 3 heteroatoms. The lowest BCUT2D eigenvalue weighted by molar-refractivity contribution is 0.399. The first-order chi connectivity index (χ1) is 4.25. The smallest absolute Gasteiger partial charge is 0.169 e. The largest absolute Gasteiger partial charge is 0.381 e. The molecule has 8 heavy (non-hydrogen) atoms. The predicted molar refractivity (Wildman–Crippen MR) is 30.4 cm³/mol. The van der Waals surface area contributed by atoms with Gasteiger partial charge in [-0.05, 0) is 13.8 Å². The Morgan fingerprint density at radius 1 is 1.88 bits per heavy atom. The van der Waals surface area contributed by atoms with Gasteiger partial charge in [-0.25, -0.2) is 0 Å². The number of nitrogens with two attached hydrogens (primary N) is 1. The second kappa shape index (κ2) is 1.51. The number of hydrogen-bond donors (Lipinski definition) is 1. The summed E-state index contributed by atoms with van der Waals surface area (Å²) < 4.78 is 11.7. The summed E-state index contributed by atoms with van der Waals surface area (Å²) in [7, 11) is 0. The minimum atomic E-state index is 0.140. The van der Waals surface area contributed by atoms with E-state index in [0.717, 1.165) is 0 Å². The van der Waals surface area contributed by atoms with Crippen molar-refractivity contribution in [1.29, 1.82) is 0 Å². The highest BCUT2D eigenvalue weighted by Gasteiger charge is 2.00. The topological polar surface area (TPSA) is 52.0 Å². The average molecular weight is 113 g/mol. The molecular weight excluding hydrogens is 104 g/mol. The molecule has 0 saturated heterocycles. The third-order valence-electron chi connectivity index (χ3n) is 1.02. The fourth-order valence-corrected chi connectivity index (χ4v) is 0.408. The van der Waals surface area contributed by atoms with Gasteiger partial charge in [0.2, 0.25) is 0 Å². The van der Waals surface area contributed by atoms with Gasteiger partial charge in [-0.3, -0.25) is 0 Å². The Morgan fingerprint density at radius 3 is 2.88 bits per heavy atom. The summed E-state index contributed by atoms with van der Waals surface area (Å²) >= 11 is 0. The zero-order valence-corrected chi connectivity index (χ0v) is 4.64. The van der Waals surface area contributed by atoms with Crippen molar-refractivity contribution < 1.29 is 5.89 Å². The van der Waals surface area contributed by atoms with Crippen molar-refractivity contribution in [3.63, 3.8) is 0 Å². The molecule has 0 radical (unpaired) electrons. The minimum Gasteiger partial charge on any atom is -0.381 e. The van der Waals surface area contributed by atoms with Crippen LogP contribution in [0.15, 0.2) is 4.52 Å². The molecule has 0 amide bonds. The summed E-state index contributed by atoms with van der Waals surface area (Å²) in [6.45, 7) is 1.88. The summed E-state index contributed by atoms with van der Waals surface area (Å²) in [4.78, 5) is 0. The quantitative estimate of drug-likeness (QED) is 0.543. The van der Waals surface area contributed by atoms with Crippen LogP contribution in [0.2, 0.25) is 0 Å². The third-order valence-corrected chi connectivity index (χ3v) is 1.02. The van der Waals surface area contributed by atoms with Crippen LogP contribution in [0.3, 0.4) is 0 Å². The van der Waals surface area contributed by atoms with Crippen LogP contribution in [0.1, 0.15) is 12.7 Å². The first-order valence-electron chi connectivity index (χ1n) is 2.96. The average Bonchev–Trinajstić information content (AvgIpc) is 2.12. The van der Waals surface area contributed by atoms with Gasteiger partial charge >= 0.3 is 0 Å². The van der Waals surface area contributed by atoms with E-state index in [0.29, 0.717) is 17.1 Å². The Labute approximate surface area is 48.9 Å². The molecular formula is C5H8N2O. The lowest BCUT2D eigenvalue weighted by Crippen LogP contribution is -1.85. The van der Waals surface area contributed by atoms with Gasteiger partial charge in [-0.2, -0.15) is 0 Å². The third kappa shape index (κ3) is 0.559. The van der Waals surface area contributed by atoms with E-state index >= 15 is 0 Å². The molecule has 1 heterocycles. The zero-order chi connectivity index (χ0) is 6.85. The monoisotopic (exact) mass is 113 g/mol. The SMILES string of the molecule is [2H]Cc1c(N)noc1C. The van der Waals surface area contributed by atoms with Crippen LogP contribution in [-0.2, 0) is 0 Å². The Balaban J connectivity index is 3.07. The Bertz CT molecular complexity index is 189. The number of anilines is 1. The number of aromatic nitrogens is 1. The summed E-state index contributed by atoms with van der Waals surface area (Å²) in [6, 6.07) is 0. The predicted octanol–water partition coefficient (Wildman–Crippen LogP) is 0.874. The van der Waals surface area contributed by atoms with Gasteiger partial charge in [-0.15, -0.1) is 0 Å². The first-order valence-corrected chi connectivity index (χ1v) is 2.25. The van der Waals surface area contributed by atoms with Gasteiger partial charge in [0.25, 0.3) is 0 Å². The lowest BCUT2D eigenvalue weighted by atomic mass is 10.3. The van der Waals surface area contributed by atoms with E-state index in [1.165, 1.54) is 0 Å². The van der Waals surface area contributed by atoms with Crippen LogP contribution < -0.4 is 5.73 Å². The molecule has 3 nitrogen and oxygen atoms in total. The maximum absolute atomic E-state index is 6.96. The van der Waals surface area contributed by atoms with Crippen molar-refractivity contribution in [2.45, 2.75) is 13.8 Å².